The highest BCUT2D eigenvalue weighted by Gasteiger charge is 2.35. The van der Waals surface area contributed by atoms with Gasteiger partial charge in [-0.25, -0.2) is 4.98 Å². The van der Waals surface area contributed by atoms with E-state index in [2.05, 4.69) is 10.3 Å². The second kappa shape index (κ2) is 5.58. The second-order valence-corrected chi connectivity index (χ2v) is 6.06. The van der Waals surface area contributed by atoms with Crippen molar-refractivity contribution in [3.63, 3.8) is 0 Å². The first-order chi connectivity index (χ1) is 9.32. The monoisotopic (exact) mass is 297 g/mol. The highest BCUT2D eigenvalue weighted by Crippen LogP contribution is 2.24. The van der Waals surface area contributed by atoms with Gasteiger partial charge in [0.1, 0.15) is 11.5 Å². The van der Waals surface area contributed by atoms with E-state index < -0.39 is 0 Å². The lowest BCUT2D eigenvalue weighted by Gasteiger charge is -2.41. The second-order valence-electron chi connectivity index (χ2n) is 5.65. The van der Waals surface area contributed by atoms with Gasteiger partial charge in [0.25, 0.3) is 5.91 Å². The Labute approximate surface area is 124 Å². The average Bonchev–Trinajstić information content (AvgIpc) is 2.36. The number of nitrogens with one attached hydrogen (secondary N) is 1. The van der Waals surface area contributed by atoms with Crippen molar-refractivity contribution in [2.24, 2.45) is 0 Å². The van der Waals surface area contributed by atoms with Crippen LogP contribution in [0.4, 0.5) is 5.82 Å². The van der Waals surface area contributed by atoms with Crippen LogP contribution in [0.3, 0.4) is 0 Å². The maximum absolute atomic E-state index is 12.6. The molecule has 1 unspecified atom stereocenters. The third kappa shape index (κ3) is 3.22. The standard InChI is InChI=1S/C14H20ClN3O2/c1-9-7-18(8-14(2,3)20-9)13(19)12-10(15)5-6-11(16-4)17-12/h5-6,9H,7-8H2,1-4H3,(H,16,17). The Balaban J connectivity index is 2.27. The summed E-state index contributed by atoms with van der Waals surface area (Å²) in [5, 5.41) is 3.28. The molecule has 1 atom stereocenters. The van der Waals surface area contributed by atoms with E-state index in [-0.39, 0.29) is 23.3 Å². The highest BCUT2D eigenvalue weighted by molar-refractivity contribution is 6.33. The Morgan fingerprint density at radius 3 is 2.85 bits per heavy atom. The number of hydrogen-bond donors (Lipinski definition) is 1. The molecule has 0 bridgehead atoms. The predicted octanol–water partition coefficient (Wildman–Crippen LogP) is 2.42. The SMILES string of the molecule is CNc1ccc(Cl)c(C(=O)N2CC(C)OC(C)(C)C2)n1. The summed E-state index contributed by atoms with van der Waals surface area (Å²) in [6.07, 6.45) is -0.00559. The molecule has 1 fully saturated rings. The molecule has 5 nitrogen and oxygen atoms in total. The van der Waals surface area contributed by atoms with Crippen molar-refractivity contribution >= 4 is 23.3 Å². The molecule has 0 radical (unpaired) electrons. The van der Waals surface area contributed by atoms with E-state index in [4.69, 9.17) is 16.3 Å². The van der Waals surface area contributed by atoms with Crippen LogP contribution in [-0.4, -0.2) is 47.6 Å². The normalized spacial score (nSPS) is 21.6. The van der Waals surface area contributed by atoms with Crippen LogP contribution in [0.25, 0.3) is 0 Å². The van der Waals surface area contributed by atoms with E-state index in [1.54, 1.807) is 24.1 Å². The molecule has 1 N–H and O–H groups in total. The summed E-state index contributed by atoms with van der Waals surface area (Å²) in [7, 11) is 1.75. The smallest absolute Gasteiger partial charge is 0.274 e. The molecule has 0 aliphatic carbocycles. The number of amides is 1. The van der Waals surface area contributed by atoms with Crippen molar-refractivity contribution in [3.8, 4) is 0 Å². The molecule has 0 spiro atoms. The van der Waals surface area contributed by atoms with Crippen molar-refractivity contribution in [1.82, 2.24) is 9.88 Å². The Morgan fingerprint density at radius 2 is 2.25 bits per heavy atom. The quantitative estimate of drug-likeness (QED) is 0.911. The first-order valence-electron chi connectivity index (χ1n) is 6.64. The number of carbonyl (C=O) groups excluding carboxylic acids is 1. The van der Waals surface area contributed by atoms with Gasteiger partial charge < -0.3 is 15.0 Å². The summed E-state index contributed by atoms with van der Waals surface area (Å²) in [5.41, 5.74) is -0.0798. The first-order valence-corrected chi connectivity index (χ1v) is 7.01. The third-order valence-corrected chi connectivity index (χ3v) is 3.47. The molecule has 1 saturated heterocycles. The van der Waals surface area contributed by atoms with Crippen molar-refractivity contribution in [1.29, 1.82) is 0 Å². The number of ether oxygens (including phenoxy) is 1. The summed E-state index contributed by atoms with van der Waals surface area (Å²) < 4.78 is 5.81. The molecule has 2 heterocycles. The summed E-state index contributed by atoms with van der Waals surface area (Å²) in [4.78, 5) is 18.6. The number of rotatable bonds is 2. The molecule has 110 valence electrons. The number of pyridine rings is 1. The number of anilines is 1. The molecular weight excluding hydrogens is 278 g/mol. The molecular formula is C14H20ClN3O2. The predicted molar refractivity (Wildman–Crippen MR) is 79.3 cm³/mol. The number of hydrogen-bond acceptors (Lipinski definition) is 4. The number of halogens is 1. The maximum atomic E-state index is 12.6. The minimum Gasteiger partial charge on any atom is -0.373 e. The summed E-state index contributed by atoms with van der Waals surface area (Å²) in [6.45, 7) is 6.98. The van der Waals surface area contributed by atoms with E-state index in [0.29, 0.717) is 23.9 Å². The third-order valence-electron chi connectivity index (χ3n) is 3.16. The van der Waals surface area contributed by atoms with Gasteiger partial charge in [-0.2, -0.15) is 0 Å². The number of morpholine rings is 1. The van der Waals surface area contributed by atoms with Crippen molar-refractivity contribution in [2.75, 3.05) is 25.5 Å². The van der Waals surface area contributed by atoms with Gasteiger partial charge in [-0.05, 0) is 32.9 Å². The van der Waals surface area contributed by atoms with E-state index in [9.17, 15) is 4.79 Å². The van der Waals surface area contributed by atoms with Gasteiger partial charge in [-0.15, -0.1) is 0 Å². The van der Waals surface area contributed by atoms with Crippen molar-refractivity contribution in [3.05, 3.63) is 22.8 Å². The minimum atomic E-state index is -0.361. The summed E-state index contributed by atoms with van der Waals surface area (Å²) in [6, 6.07) is 3.42. The van der Waals surface area contributed by atoms with Gasteiger partial charge in [0.15, 0.2) is 0 Å². The van der Waals surface area contributed by atoms with Crippen LogP contribution in [0.5, 0.6) is 0 Å². The lowest BCUT2D eigenvalue weighted by Crippen LogP contribution is -2.54. The van der Waals surface area contributed by atoms with Crippen LogP contribution in [0.2, 0.25) is 5.02 Å². The Bertz CT molecular complexity index is 519. The Hall–Kier alpha value is -1.33. The minimum absolute atomic E-state index is 0.00559. The van der Waals surface area contributed by atoms with Gasteiger partial charge in [-0.3, -0.25) is 4.79 Å². The molecule has 0 saturated carbocycles. The van der Waals surface area contributed by atoms with Crippen LogP contribution in [0, 0.1) is 0 Å². The zero-order valence-electron chi connectivity index (χ0n) is 12.2. The fourth-order valence-electron chi connectivity index (χ4n) is 2.49. The van der Waals surface area contributed by atoms with Gasteiger partial charge in [-0.1, -0.05) is 11.6 Å². The highest BCUT2D eigenvalue weighted by atomic mass is 35.5. The molecule has 1 aliphatic heterocycles. The van der Waals surface area contributed by atoms with E-state index >= 15 is 0 Å². The largest absolute Gasteiger partial charge is 0.373 e. The molecule has 1 aliphatic rings. The van der Waals surface area contributed by atoms with Crippen molar-refractivity contribution in [2.45, 2.75) is 32.5 Å². The summed E-state index contributed by atoms with van der Waals surface area (Å²) >= 11 is 6.11. The number of nitrogens with zero attached hydrogens (tertiary/aromatic N) is 2. The zero-order chi connectivity index (χ0) is 14.9. The van der Waals surface area contributed by atoms with Gasteiger partial charge >= 0.3 is 0 Å². The Kier molecular flexibility index (Phi) is 4.20. The first kappa shape index (κ1) is 15.1. The lowest BCUT2D eigenvalue weighted by atomic mass is 10.1. The van der Waals surface area contributed by atoms with Gasteiger partial charge in [0.05, 0.1) is 16.7 Å². The van der Waals surface area contributed by atoms with Gasteiger partial charge in [0.2, 0.25) is 0 Å². The number of carbonyl (C=O) groups is 1. The molecule has 1 aromatic heterocycles. The molecule has 20 heavy (non-hydrogen) atoms. The van der Waals surface area contributed by atoms with Crippen LogP contribution in [-0.2, 0) is 4.74 Å². The van der Waals surface area contributed by atoms with Crippen LogP contribution in [0.15, 0.2) is 12.1 Å². The molecule has 6 heteroatoms. The average molecular weight is 298 g/mol. The van der Waals surface area contributed by atoms with Crippen LogP contribution < -0.4 is 5.32 Å². The zero-order valence-corrected chi connectivity index (χ0v) is 13.0. The fraction of sp³-hybridized carbons (Fsp3) is 0.571. The van der Waals surface area contributed by atoms with Crippen LogP contribution >= 0.6 is 11.6 Å². The molecule has 1 aromatic rings. The van der Waals surface area contributed by atoms with E-state index in [1.807, 2.05) is 20.8 Å². The lowest BCUT2D eigenvalue weighted by molar-refractivity contribution is -0.118. The number of aromatic nitrogens is 1. The van der Waals surface area contributed by atoms with Crippen LogP contribution in [0.1, 0.15) is 31.3 Å². The molecule has 0 aromatic carbocycles. The maximum Gasteiger partial charge on any atom is 0.274 e. The molecule has 1 amide bonds. The topological polar surface area (TPSA) is 54.5 Å². The van der Waals surface area contributed by atoms with E-state index in [0.717, 1.165) is 0 Å². The fourth-order valence-corrected chi connectivity index (χ4v) is 2.68. The Morgan fingerprint density at radius 1 is 1.55 bits per heavy atom. The summed E-state index contributed by atoms with van der Waals surface area (Å²) in [5.74, 6) is 0.466. The van der Waals surface area contributed by atoms with Gasteiger partial charge in [0, 0.05) is 20.1 Å². The van der Waals surface area contributed by atoms with E-state index in [1.165, 1.54) is 0 Å². The van der Waals surface area contributed by atoms with Crippen molar-refractivity contribution < 1.29 is 9.53 Å². The molecule has 2 rings (SSSR count).